The lowest BCUT2D eigenvalue weighted by atomic mass is 9.72. The van der Waals surface area contributed by atoms with Crippen LogP contribution < -0.4 is 14.4 Å². The van der Waals surface area contributed by atoms with E-state index in [-0.39, 0.29) is 34.7 Å². The maximum absolute atomic E-state index is 14.4. The lowest BCUT2D eigenvalue weighted by molar-refractivity contribution is -0.139. The quantitative estimate of drug-likeness (QED) is 0.141. The molecule has 1 saturated carbocycles. The monoisotopic (exact) mass is 733 g/mol. The Labute approximate surface area is 304 Å². The Bertz CT molecular complexity index is 2080. The summed E-state index contributed by atoms with van der Waals surface area (Å²) in [6, 6.07) is 5.49. The Morgan fingerprint density at radius 2 is 1.75 bits per heavy atom. The smallest absolute Gasteiger partial charge is 0.319 e. The number of fused-ring (bicyclic) bond motifs is 2. The summed E-state index contributed by atoms with van der Waals surface area (Å²) in [5.41, 5.74) is 2.78. The molecule has 2 aromatic heterocycles. The topological polar surface area (TPSA) is 99.7 Å². The zero-order chi connectivity index (χ0) is 37.1. The van der Waals surface area contributed by atoms with Gasteiger partial charge in [0.25, 0.3) is 12.0 Å². The van der Waals surface area contributed by atoms with Crippen molar-refractivity contribution in [2.75, 3.05) is 50.7 Å². The third-order valence-corrected chi connectivity index (χ3v) is 11.5. The Balaban J connectivity index is 1.29. The second-order valence-electron chi connectivity index (χ2n) is 15.1. The number of nitrogens with zero attached hydrogens (tertiary/aromatic N) is 6. The summed E-state index contributed by atoms with van der Waals surface area (Å²) < 4.78 is 70.5. The Kier molecular flexibility index (Phi) is 9.06. The molecule has 0 bridgehead atoms. The molecule has 280 valence electrons. The van der Waals surface area contributed by atoms with Gasteiger partial charge in [-0.3, -0.25) is 9.89 Å². The van der Waals surface area contributed by atoms with Crippen LogP contribution in [0.1, 0.15) is 56.6 Å². The number of anilines is 1. The number of aromatic nitrogens is 4. The first-order chi connectivity index (χ1) is 25.4. The van der Waals surface area contributed by atoms with Crippen LogP contribution in [0.3, 0.4) is 0 Å². The van der Waals surface area contributed by atoms with Crippen LogP contribution in [0.25, 0.3) is 39.0 Å². The number of carbonyl (C=O) groups is 1. The van der Waals surface area contributed by atoms with Crippen molar-refractivity contribution in [2.24, 2.45) is 5.41 Å². The number of amides is 1. The van der Waals surface area contributed by atoms with Crippen LogP contribution in [-0.2, 0) is 4.79 Å². The van der Waals surface area contributed by atoms with E-state index < -0.39 is 30.9 Å². The van der Waals surface area contributed by atoms with Gasteiger partial charge in [-0.05, 0) is 74.1 Å². The van der Waals surface area contributed by atoms with E-state index in [1.54, 1.807) is 17.2 Å². The van der Waals surface area contributed by atoms with Crippen molar-refractivity contribution in [3.63, 3.8) is 0 Å². The zero-order valence-corrected chi connectivity index (χ0v) is 29.9. The van der Waals surface area contributed by atoms with E-state index in [9.17, 15) is 22.4 Å². The fourth-order valence-corrected chi connectivity index (χ4v) is 8.48. The molecule has 14 heteroatoms. The molecule has 1 spiro atoms. The molecule has 0 atom stereocenters. The molecule has 1 aliphatic carbocycles. The van der Waals surface area contributed by atoms with Crippen LogP contribution in [0.15, 0.2) is 43.1 Å². The van der Waals surface area contributed by atoms with Crippen molar-refractivity contribution in [3.05, 3.63) is 54.3 Å². The highest BCUT2D eigenvalue weighted by Gasteiger charge is 2.48. The van der Waals surface area contributed by atoms with Crippen molar-refractivity contribution >= 4 is 39.6 Å². The predicted octanol–water partition coefficient (Wildman–Crippen LogP) is 7.37. The summed E-state index contributed by atoms with van der Waals surface area (Å²) in [5, 5.41) is 8.30. The number of likely N-dealkylation sites (tertiary alicyclic amines) is 2. The number of aromatic amines is 1. The van der Waals surface area contributed by atoms with Crippen molar-refractivity contribution < 1.29 is 31.8 Å². The van der Waals surface area contributed by atoms with E-state index >= 15 is 0 Å². The predicted molar refractivity (Wildman–Crippen MR) is 195 cm³/mol. The van der Waals surface area contributed by atoms with E-state index in [1.807, 2.05) is 19.1 Å². The lowest BCUT2D eigenvalue weighted by Gasteiger charge is -2.54. The number of alkyl halides is 2. The van der Waals surface area contributed by atoms with Crippen molar-refractivity contribution in [1.82, 2.24) is 30.0 Å². The molecule has 4 aliphatic rings. The molecule has 5 heterocycles. The first-order valence-electron chi connectivity index (χ1n) is 18.4. The van der Waals surface area contributed by atoms with Gasteiger partial charge in [0.05, 0.1) is 11.7 Å². The molecular weight excluding hydrogens is 690 g/mol. The Morgan fingerprint density at radius 1 is 1.02 bits per heavy atom. The fourth-order valence-electron chi connectivity index (χ4n) is 8.48. The third kappa shape index (κ3) is 6.70. The number of hydrogen-bond acceptors (Lipinski definition) is 8. The minimum absolute atomic E-state index is 0.0203. The molecule has 4 fully saturated rings. The molecule has 0 radical (unpaired) electrons. The first kappa shape index (κ1) is 35.3. The van der Waals surface area contributed by atoms with Crippen LogP contribution in [0, 0.1) is 12.3 Å². The number of carbonyl (C=O) groups excluding carboxylic acids is 1. The largest absolute Gasteiger partial charge is 0.487 e. The van der Waals surface area contributed by atoms with Gasteiger partial charge in [0.15, 0.2) is 5.75 Å². The number of H-pyrrole nitrogens is 1. The molecular formula is C39H43F4N7O3. The minimum atomic E-state index is -2.89. The van der Waals surface area contributed by atoms with E-state index in [2.05, 4.69) is 33.5 Å². The van der Waals surface area contributed by atoms with Crippen LogP contribution in [0.2, 0.25) is 0 Å². The first-order valence-corrected chi connectivity index (χ1v) is 18.4. The van der Waals surface area contributed by atoms with Crippen LogP contribution in [-0.4, -0.2) is 99.8 Å². The summed E-state index contributed by atoms with van der Waals surface area (Å²) in [7, 11) is 0. The standard InChI is InChI=1S/C39H43F4N7O3/c1-4-31(51)50-21-38(22-50)10-14-49(15-11-38)36-27-16-24(17-30(40)41)33(32-23(3)6-7-29-28(32)20-44-47-29)35(52-26-18-39(42,43)19-26)34(27)45-37(46-36)53-25-8-12-48(5-2)13-9-25/h4,6-7,16-17,20,25-26H,1,5,8-15,18-19,21-22H2,2-3H3,(H,44,47). The highest BCUT2D eigenvalue weighted by molar-refractivity contribution is 6.07. The van der Waals surface area contributed by atoms with Gasteiger partial charge in [0.2, 0.25) is 5.91 Å². The van der Waals surface area contributed by atoms with Crippen molar-refractivity contribution in [3.8, 4) is 22.9 Å². The maximum Gasteiger partial charge on any atom is 0.319 e. The molecule has 4 aromatic rings. The number of benzene rings is 2. The molecule has 10 nitrogen and oxygen atoms in total. The van der Waals surface area contributed by atoms with Crippen molar-refractivity contribution in [1.29, 1.82) is 0 Å². The van der Waals surface area contributed by atoms with Crippen molar-refractivity contribution in [2.45, 2.75) is 70.5 Å². The number of rotatable bonds is 9. The average Bonchev–Trinajstić information content (AvgIpc) is 3.59. The van der Waals surface area contributed by atoms with Gasteiger partial charge in [-0.1, -0.05) is 19.6 Å². The molecule has 2 aromatic carbocycles. The van der Waals surface area contributed by atoms with E-state index in [0.717, 1.165) is 57.0 Å². The number of hydrogen-bond donors (Lipinski definition) is 1. The fraction of sp³-hybridized carbons (Fsp3) is 0.487. The number of piperidine rings is 2. The molecule has 53 heavy (non-hydrogen) atoms. The molecule has 1 amide bonds. The summed E-state index contributed by atoms with van der Waals surface area (Å²) >= 11 is 0. The normalized spacial score (nSPS) is 20.3. The second kappa shape index (κ2) is 13.6. The average molecular weight is 734 g/mol. The summed E-state index contributed by atoms with van der Waals surface area (Å²) in [4.78, 5) is 28.4. The highest BCUT2D eigenvalue weighted by atomic mass is 19.3. The van der Waals surface area contributed by atoms with Gasteiger partial charge < -0.3 is 24.2 Å². The molecule has 3 saturated heterocycles. The zero-order valence-electron chi connectivity index (χ0n) is 29.9. The molecule has 8 rings (SSSR count). The number of nitrogens with one attached hydrogen (secondary N) is 1. The van der Waals surface area contributed by atoms with Gasteiger partial charge in [-0.25, -0.2) is 8.78 Å². The maximum atomic E-state index is 14.4. The van der Waals surface area contributed by atoms with Gasteiger partial charge in [-0.2, -0.15) is 23.8 Å². The second-order valence-corrected chi connectivity index (χ2v) is 15.1. The summed E-state index contributed by atoms with van der Waals surface area (Å²) in [6.07, 6.45) is 2.96. The van der Waals surface area contributed by atoms with Crippen LogP contribution >= 0.6 is 0 Å². The van der Waals surface area contributed by atoms with Crippen LogP contribution in [0.5, 0.6) is 11.8 Å². The Hall–Kier alpha value is -4.72. The molecule has 0 unspecified atom stereocenters. The minimum Gasteiger partial charge on any atom is -0.487 e. The SMILES string of the molecule is C=CC(=O)N1CC2(CCN(c3nc(OC4CCN(CC)CC4)nc4c(OC5CC(F)(F)C5)c(-c5c(C)ccc6[nH]ncc56)c(C=C(F)F)cc34)CC2)C1. The van der Waals surface area contributed by atoms with Gasteiger partial charge in [-0.15, -0.1) is 0 Å². The molecule has 1 N–H and O–H groups in total. The third-order valence-electron chi connectivity index (χ3n) is 11.5. The highest BCUT2D eigenvalue weighted by Crippen LogP contribution is 2.50. The number of aryl methyl sites for hydroxylation is 1. The van der Waals surface area contributed by atoms with Crippen LogP contribution in [0.4, 0.5) is 23.4 Å². The lowest BCUT2D eigenvalue weighted by Crippen LogP contribution is -2.61. The van der Waals surface area contributed by atoms with E-state index in [1.165, 1.54) is 6.08 Å². The van der Waals surface area contributed by atoms with Gasteiger partial charge in [0, 0.05) is 79.9 Å². The van der Waals surface area contributed by atoms with Gasteiger partial charge >= 0.3 is 6.01 Å². The number of halogens is 4. The summed E-state index contributed by atoms with van der Waals surface area (Å²) in [6.45, 7) is 12.8. The van der Waals surface area contributed by atoms with E-state index in [0.29, 0.717) is 64.9 Å². The van der Waals surface area contributed by atoms with Gasteiger partial charge in [0.1, 0.15) is 23.5 Å². The summed E-state index contributed by atoms with van der Waals surface area (Å²) in [5.74, 6) is -2.33. The Morgan fingerprint density at radius 3 is 2.42 bits per heavy atom. The number of ether oxygens (including phenoxy) is 2. The van der Waals surface area contributed by atoms with E-state index in [4.69, 9.17) is 19.4 Å². The molecule has 3 aliphatic heterocycles.